The molecule has 1 aromatic carbocycles. The van der Waals surface area contributed by atoms with Crippen molar-refractivity contribution in [1.29, 1.82) is 0 Å². The summed E-state index contributed by atoms with van der Waals surface area (Å²) in [5.74, 6) is 1.82. The Morgan fingerprint density at radius 1 is 1.23 bits per heavy atom. The number of aromatic nitrogens is 1. The average molecular weight is 409 g/mol. The molecule has 6 heteroatoms. The van der Waals surface area contributed by atoms with E-state index in [1.165, 1.54) is 0 Å². The number of nitrogens with zero attached hydrogens (tertiary/aromatic N) is 3. The molecule has 30 heavy (non-hydrogen) atoms. The second kappa shape index (κ2) is 10.6. The van der Waals surface area contributed by atoms with Crippen LogP contribution in [0.2, 0.25) is 0 Å². The predicted molar refractivity (Wildman–Crippen MR) is 124 cm³/mol. The maximum Gasteiger partial charge on any atom is 0.155 e. The average Bonchev–Trinajstić information content (AvgIpc) is 2.71. The number of rotatable bonds is 8. The van der Waals surface area contributed by atoms with Crippen molar-refractivity contribution in [2.75, 3.05) is 7.11 Å². The van der Waals surface area contributed by atoms with Crippen molar-refractivity contribution in [3.8, 4) is 17.0 Å². The molecule has 0 aliphatic heterocycles. The van der Waals surface area contributed by atoms with Crippen LogP contribution in [0.1, 0.15) is 50.8 Å². The van der Waals surface area contributed by atoms with Crippen molar-refractivity contribution in [3.05, 3.63) is 59.0 Å². The predicted octanol–water partition coefficient (Wildman–Crippen LogP) is 5.17. The zero-order valence-corrected chi connectivity index (χ0v) is 19.0. The number of nitrogens with two attached hydrogens (primary N) is 1. The second-order valence-electron chi connectivity index (χ2n) is 7.41. The summed E-state index contributed by atoms with van der Waals surface area (Å²) in [5, 5.41) is 4.06. The number of methoxy groups -OCH3 is 1. The lowest BCUT2D eigenvalue weighted by Gasteiger charge is -2.15. The Hall–Kier alpha value is -3.15. The van der Waals surface area contributed by atoms with E-state index in [4.69, 9.17) is 15.3 Å². The third-order valence-electron chi connectivity index (χ3n) is 4.55. The molecule has 6 nitrogen and oxygen atoms in total. The largest absolute Gasteiger partial charge is 0.496 e. The van der Waals surface area contributed by atoms with Gasteiger partial charge in [0.2, 0.25) is 0 Å². The minimum atomic E-state index is -0.278. The summed E-state index contributed by atoms with van der Waals surface area (Å²) < 4.78 is 5.59. The number of aryl methyl sites for hydroxylation is 1. The van der Waals surface area contributed by atoms with Crippen molar-refractivity contribution in [2.24, 2.45) is 15.9 Å². The van der Waals surface area contributed by atoms with Gasteiger partial charge < -0.3 is 15.3 Å². The van der Waals surface area contributed by atoms with Crippen LogP contribution in [0.5, 0.6) is 5.75 Å². The van der Waals surface area contributed by atoms with E-state index in [-0.39, 0.29) is 6.04 Å². The summed E-state index contributed by atoms with van der Waals surface area (Å²) in [6.45, 7) is 11.7. The van der Waals surface area contributed by atoms with Gasteiger partial charge in [-0.1, -0.05) is 18.1 Å². The molecular formula is C24H32N4O2. The lowest BCUT2D eigenvalue weighted by atomic mass is 10.00. The SMILES string of the molecule is CC/C=C(/ON=C(C)C)C(C)N=C(N)c1cc(-c2ccc(C)cn2)cc(OC)c1C. The molecule has 0 amide bonds. The quantitative estimate of drug-likeness (QED) is 0.283. The van der Waals surface area contributed by atoms with Crippen molar-refractivity contribution in [3.63, 3.8) is 0 Å². The van der Waals surface area contributed by atoms with E-state index < -0.39 is 0 Å². The van der Waals surface area contributed by atoms with Gasteiger partial charge in [-0.25, -0.2) is 0 Å². The molecule has 0 bridgehead atoms. The number of allylic oxidation sites excluding steroid dienone is 1. The molecule has 0 aliphatic rings. The number of aliphatic imine (C=N–C) groups is 1. The van der Waals surface area contributed by atoms with Gasteiger partial charge >= 0.3 is 0 Å². The van der Waals surface area contributed by atoms with E-state index >= 15 is 0 Å². The first-order valence-corrected chi connectivity index (χ1v) is 10.1. The smallest absolute Gasteiger partial charge is 0.155 e. The third-order valence-corrected chi connectivity index (χ3v) is 4.55. The molecule has 160 valence electrons. The fourth-order valence-corrected chi connectivity index (χ4v) is 2.92. The summed E-state index contributed by atoms with van der Waals surface area (Å²) in [5.41, 5.74) is 11.9. The van der Waals surface area contributed by atoms with Crippen LogP contribution >= 0.6 is 0 Å². The molecule has 0 spiro atoms. The van der Waals surface area contributed by atoms with Gasteiger partial charge in [0, 0.05) is 22.9 Å². The number of benzene rings is 1. The fourth-order valence-electron chi connectivity index (χ4n) is 2.92. The van der Waals surface area contributed by atoms with Gasteiger partial charge in [0.15, 0.2) is 5.76 Å². The van der Waals surface area contributed by atoms with Crippen LogP contribution in [0.15, 0.2) is 52.4 Å². The first kappa shape index (κ1) is 23.1. The molecule has 1 heterocycles. The fraction of sp³-hybridized carbons (Fsp3) is 0.375. The van der Waals surface area contributed by atoms with E-state index in [0.29, 0.717) is 11.6 Å². The first-order chi connectivity index (χ1) is 14.3. The van der Waals surface area contributed by atoms with E-state index in [2.05, 4.69) is 15.1 Å². The standard InChI is InChI=1S/C24H32N4O2/c1-8-9-22(30-28-15(2)3)18(6)27-24(25)20-12-19(13-23(29-7)17(20)5)21-11-10-16(4)14-26-21/h9-14,18H,8H2,1-7H3,(H2,25,27)/b22-9+. The van der Waals surface area contributed by atoms with Crippen LogP contribution in [0.25, 0.3) is 11.3 Å². The maximum atomic E-state index is 6.44. The summed E-state index contributed by atoms with van der Waals surface area (Å²) in [7, 11) is 1.65. The van der Waals surface area contributed by atoms with Crippen LogP contribution < -0.4 is 10.5 Å². The van der Waals surface area contributed by atoms with Crippen LogP contribution in [-0.4, -0.2) is 29.7 Å². The normalized spacial score (nSPS) is 13.0. The van der Waals surface area contributed by atoms with Gasteiger partial charge in [-0.05, 0) is 70.9 Å². The van der Waals surface area contributed by atoms with Gasteiger partial charge in [-0.2, -0.15) is 0 Å². The molecular weight excluding hydrogens is 376 g/mol. The van der Waals surface area contributed by atoms with E-state index in [1.54, 1.807) is 7.11 Å². The Morgan fingerprint density at radius 2 is 1.97 bits per heavy atom. The highest BCUT2D eigenvalue weighted by Gasteiger charge is 2.16. The lowest BCUT2D eigenvalue weighted by Crippen LogP contribution is -2.20. The summed E-state index contributed by atoms with van der Waals surface area (Å²) in [6.07, 6.45) is 4.62. The van der Waals surface area contributed by atoms with Crippen molar-refractivity contribution in [1.82, 2.24) is 4.98 Å². The topological polar surface area (TPSA) is 82.1 Å². The molecule has 0 radical (unpaired) electrons. The third kappa shape index (κ3) is 5.92. The number of hydrogen-bond acceptors (Lipinski definition) is 5. The lowest BCUT2D eigenvalue weighted by molar-refractivity contribution is 0.208. The molecule has 0 fully saturated rings. The summed E-state index contributed by atoms with van der Waals surface area (Å²) >= 11 is 0. The number of amidine groups is 1. The van der Waals surface area contributed by atoms with Crippen LogP contribution in [0.3, 0.4) is 0 Å². The summed E-state index contributed by atoms with van der Waals surface area (Å²) in [4.78, 5) is 14.8. The number of hydrogen-bond donors (Lipinski definition) is 1. The molecule has 0 aliphatic carbocycles. The summed E-state index contributed by atoms with van der Waals surface area (Å²) in [6, 6.07) is 7.71. The minimum absolute atomic E-state index is 0.278. The van der Waals surface area contributed by atoms with Crippen LogP contribution in [0, 0.1) is 13.8 Å². The first-order valence-electron chi connectivity index (χ1n) is 10.1. The monoisotopic (exact) mass is 408 g/mol. The molecule has 2 rings (SSSR count). The Bertz CT molecular complexity index is 956. The molecule has 2 N–H and O–H groups in total. The molecule has 1 atom stereocenters. The Kier molecular flexibility index (Phi) is 8.16. The number of oxime groups is 1. The maximum absolute atomic E-state index is 6.44. The second-order valence-corrected chi connectivity index (χ2v) is 7.41. The van der Waals surface area contributed by atoms with Gasteiger partial charge in [0.25, 0.3) is 0 Å². The zero-order valence-electron chi connectivity index (χ0n) is 19.0. The van der Waals surface area contributed by atoms with Gasteiger partial charge in [-0.3, -0.25) is 9.98 Å². The Morgan fingerprint density at radius 3 is 2.53 bits per heavy atom. The highest BCUT2D eigenvalue weighted by Crippen LogP contribution is 2.29. The highest BCUT2D eigenvalue weighted by atomic mass is 16.6. The molecule has 0 saturated carbocycles. The molecule has 2 aromatic rings. The van der Waals surface area contributed by atoms with E-state index in [9.17, 15) is 0 Å². The van der Waals surface area contributed by atoms with Crippen molar-refractivity contribution >= 4 is 11.5 Å². The number of pyridine rings is 1. The Labute approximate surface area is 179 Å². The number of ether oxygens (including phenoxy) is 1. The van der Waals surface area contributed by atoms with Crippen LogP contribution in [-0.2, 0) is 4.84 Å². The van der Waals surface area contributed by atoms with Crippen LogP contribution in [0.4, 0.5) is 0 Å². The van der Waals surface area contributed by atoms with E-state index in [1.807, 2.05) is 78.1 Å². The molecule has 1 aromatic heterocycles. The van der Waals surface area contributed by atoms with Gasteiger partial charge in [0.1, 0.15) is 17.6 Å². The highest BCUT2D eigenvalue weighted by molar-refractivity contribution is 6.00. The molecule has 0 saturated heterocycles. The molecule has 1 unspecified atom stereocenters. The van der Waals surface area contributed by atoms with E-state index in [0.717, 1.165) is 45.8 Å². The Balaban J connectivity index is 2.47. The van der Waals surface area contributed by atoms with Crippen molar-refractivity contribution < 1.29 is 9.57 Å². The van der Waals surface area contributed by atoms with Gasteiger partial charge in [0.05, 0.1) is 18.5 Å². The van der Waals surface area contributed by atoms with Gasteiger partial charge in [-0.15, -0.1) is 0 Å². The minimum Gasteiger partial charge on any atom is -0.496 e. The van der Waals surface area contributed by atoms with Crippen molar-refractivity contribution in [2.45, 2.75) is 54.0 Å². The zero-order chi connectivity index (χ0) is 22.3.